The van der Waals surface area contributed by atoms with Gasteiger partial charge in [0.25, 0.3) is 0 Å². The molecule has 0 bridgehead atoms. The molecule has 0 radical (unpaired) electrons. The molecule has 0 spiro atoms. The summed E-state index contributed by atoms with van der Waals surface area (Å²) < 4.78 is 6.39. The van der Waals surface area contributed by atoms with E-state index in [0.29, 0.717) is 11.3 Å². The van der Waals surface area contributed by atoms with Crippen molar-refractivity contribution in [3.05, 3.63) is 28.2 Å². The minimum Gasteiger partial charge on any atom is -0.497 e. The lowest BCUT2D eigenvalue weighted by Gasteiger charge is -2.22. The Morgan fingerprint density at radius 1 is 1.61 bits per heavy atom. The molecule has 1 aromatic carbocycles. The van der Waals surface area contributed by atoms with Crippen LogP contribution in [-0.2, 0) is 6.42 Å². The van der Waals surface area contributed by atoms with E-state index in [1.165, 1.54) is 24.2 Å². The summed E-state index contributed by atoms with van der Waals surface area (Å²) in [5.41, 5.74) is 4.22. The smallest absolute Gasteiger partial charge is 0.119 e. The molecule has 1 aliphatic heterocycles. The Labute approximate surface area is 121 Å². The summed E-state index contributed by atoms with van der Waals surface area (Å²) in [6.07, 6.45) is 3.47. The van der Waals surface area contributed by atoms with Crippen molar-refractivity contribution in [2.75, 3.05) is 12.9 Å². The van der Waals surface area contributed by atoms with Crippen molar-refractivity contribution in [3.63, 3.8) is 0 Å². The molecule has 0 aromatic heterocycles. The Bertz CT molecular complexity index is 397. The molecule has 0 aliphatic carbocycles. The Hall–Kier alpha value is -0.230. The van der Waals surface area contributed by atoms with E-state index >= 15 is 0 Å². The number of hydrogen-bond donors (Lipinski definition) is 2. The topological polar surface area (TPSA) is 47.3 Å². The maximum Gasteiger partial charge on any atom is 0.119 e. The number of methoxy groups -OCH3 is 1. The van der Waals surface area contributed by atoms with Gasteiger partial charge in [-0.3, -0.25) is 11.3 Å². The van der Waals surface area contributed by atoms with Crippen LogP contribution in [0.15, 0.2) is 22.7 Å². The van der Waals surface area contributed by atoms with Crippen LogP contribution in [0.2, 0.25) is 0 Å². The van der Waals surface area contributed by atoms with Crippen LogP contribution in [0.1, 0.15) is 18.4 Å². The zero-order valence-corrected chi connectivity index (χ0v) is 12.9. The average molecular weight is 331 g/mol. The highest BCUT2D eigenvalue weighted by Crippen LogP contribution is 2.31. The monoisotopic (exact) mass is 330 g/mol. The first-order valence-corrected chi connectivity index (χ1v) is 7.99. The summed E-state index contributed by atoms with van der Waals surface area (Å²) in [6, 6.07) is 6.39. The lowest BCUT2D eigenvalue weighted by molar-refractivity contribution is 0.413. The second kappa shape index (κ2) is 6.80. The van der Waals surface area contributed by atoms with Crippen LogP contribution in [0.5, 0.6) is 5.75 Å². The third kappa shape index (κ3) is 3.41. The van der Waals surface area contributed by atoms with Gasteiger partial charge >= 0.3 is 0 Å². The van der Waals surface area contributed by atoms with Crippen molar-refractivity contribution in [2.24, 2.45) is 5.84 Å². The van der Waals surface area contributed by atoms with Crippen molar-refractivity contribution in [1.82, 2.24) is 5.43 Å². The number of nitrogens with two attached hydrogens (primary N) is 1. The first-order chi connectivity index (χ1) is 8.74. The molecule has 1 aromatic rings. The zero-order chi connectivity index (χ0) is 13.0. The lowest BCUT2D eigenvalue weighted by atomic mass is 10.0. The van der Waals surface area contributed by atoms with Crippen LogP contribution in [0, 0.1) is 0 Å². The number of nitrogens with one attached hydrogen (secondary N) is 1. The third-order valence-corrected chi connectivity index (χ3v) is 5.61. The van der Waals surface area contributed by atoms with E-state index in [-0.39, 0.29) is 0 Å². The molecule has 100 valence electrons. The Morgan fingerprint density at radius 3 is 3.06 bits per heavy atom. The largest absolute Gasteiger partial charge is 0.497 e. The maximum atomic E-state index is 5.71. The van der Waals surface area contributed by atoms with Crippen molar-refractivity contribution < 1.29 is 4.74 Å². The summed E-state index contributed by atoms with van der Waals surface area (Å²) in [4.78, 5) is 0. The number of thioether (sulfide) groups is 1. The van der Waals surface area contributed by atoms with Gasteiger partial charge in [0, 0.05) is 15.8 Å². The van der Waals surface area contributed by atoms with Gasteiger partial charge in [-0.25, -0.2) is 0 Å². The number of rotatable bonds is 5. The summed E-state index contributed by atoms with van der Waals surface area (Å²) in [7, 11) is 1.69. The third-order valence-electron chi connectivity index (χ3n) is 3.32. The molecule has 1 saturated heterocycles. The molecule has 3 nitrogen and oxygen atoms in total. The number of ether oxygens (including phenoxy) is 1. The van der Waals surface area contributed by atoms with Crippen LogP contribution >= 0.6 is 27.7 Å². The van der Waals surface area contributed by atoms with Crippen LogP contribution in [0.3, 0.4) is 0 Å². The van der Waals surface area contributed by atoms with E-state index in [4.69, 9.17) is 10.6 Å². The first kappa shape index (κ1) is 14.2. The van der Waals surface area contributed by atoms with Crippen LogP contribution < -0.4 is 16.0 Å². The van der Waals surface area contributed by atoms with Gasteiger partial charge in [-0.15, -0.1) is 0 Å². The molecular weight excluding hydrogens is 312 g/mol. The van der Waals surface area contributed by atoms with Gasteiger partial charge in [-0.2, -0.15) is 11.8 Å². The summed E-state index contributed by atoms with van der Waals surface area (Å²) in [6.45, 7) is 0. The van der Waals surface area contributed by atoms with E-state index < -0.39 is 0 Å². The van der Waals surface area contributed by atoms with Crippen molar-refractivity contribution >= 4 is 27.7 Å². The fourth-order valence-corrected chi connectivity index (χ4v) is 4.07. The van der Waals surface area contributed by atoms with Crippen LogP contribution in [-0.4, -0.2) is 24.2 Å². The molecule has 1 aliphatic rings. The number of hydrogen-bond acceptors (Lipinski definition) is 4. The Kier molecular flexibility index (Phi) is 5.36. The molecule has 3 N–H and O–H groups in total. The number of hydrazine groups is 1. The zero-order valence-electron chi connectivity index (χ0n) is 10.5. The van der Waals surface area contributed by atoms with Gasteiger partial charge < -0.3 is 4.74 Å². The Balaban J connectivity index is 2.10. The number of halogens is 1. The van der Waals surface area contributed by atoms with Gasteiger partial charge in [-0.1, -0.05) is 15.9 Å². The predicted molar refractivity (Wildman–Crippen MR) is 81.0 cm³/mol. The van der Waals surface area contributed by atoms with E-state index in [9.17, 15) is 0 Å². The molecule has 0 saturated carbocycles. The molecule has 2 atom stereocenters. The van der Waals surface area contributed by atoms with E-state index in [1.54, 1.807) is 7.11 Å². The van der Waals surface area contributed by atoms with E-state index in [2.05, 4.69) is 27.4 Å². The molecule has 5 heteroatoms. The van der Waals surface area contributed by atoms with E-state index in [1.807, 2.05) is 23.9 Å². The van der Waals surface area contributed by atoms with Gasteiger partial charge in [0.2, 0.25) is 0 Å². The van der Waals surface area contributed by atoms with Crippen LogP contribution in [0.4, 0.5) is 0 Å². The molecule has 0 amide bonds. The molecule has 1 fully saturated rings. The van der Waals surface area contributed by atoms with Crippen molar-refractivity contribution in [3.8, 4) is 5.75 Å². The average Bonchev–Trinajstić information content (AvgIpc) is 2.91. The Morgan fingerprint density at radius 2 is 2.44 bits per heavy atom. The first-order valence-electron chi connectivity index (χ1n) is 6.14. The molecule has 18 heavy (non-hydrogen) atoms. The molecule has 1 heterocycles. The van der Waals surface area contributed by atoms with Gasteiger partial charge in [0.15, 0.2) is 0 Å². The predicted octanol–water partition coefficient (Wildman–Crippen LogP) is 2.73. The van der Waals surface area contributed by atoms with Gasteiger partial charge in [0.1, 0.15) is 5.75 Å². The standard InChI is InChI=1S/C13H19BrN2OS/c1-17-10-4-5-11(14)9(7-10)8-12(16-15)13-3-2-6-18-13/h4-5,7,12-13,16H,2-3,6,8,15H2,1H3. The van der Waals surface area contributed by atoms with Crippen molar-refractivity contribution in [2.45, 2.75) is 30.6 Å². The fourth-order valence-electron chi connectivity index (χ4n) is 2.29. The van der Waals surface area contributed by atoms with Crippen molar-refractivity contribution in [1.29, 1.82) is 0 Å². The highest BCUT2D eigenvalue weighted by Gasteiger charge is 2.25. The maximum absolute atomic E-state index is 5.71. The minimum atomic E-state index is 0.320. The van der Waals surface area contributed by atoms with Gasteiger partial charge in [-0.05, 0) is 48.8 Å². The molecular formula is C13H19BrN2OS. The van der Waals surface area contributed by atoms with Crippen LogP contribution in [0.25, 0.3) is 0 Å². The van der Waals surface area contributed by atoms with E-state index in [0.717, 1.165) is 16.6 Å². The molecule has 2 rings (SSSR count). The SMILES string of the molecule is COc1ccc(Br)c(CC(NN)C2CCCS2)c1. The summed E-state index contributed by atoms with van der Waals surface area (Å²) in [5.74, 6) is 7.85. The normalized spacial score (nSPS) is 20.9. The second-order valence-electron chi connectivity index (χ2n) is 4.49. The molecule has 2 unspecified atom stereocenters. The number of benzene rings is 1. The second-order valence-corrected chi connectivity index (χ2v) is 6.69. The lowest BCUT2D eigenvalue weighted by Crippen LogP contribution is -2.43. The summed E-state index contributed by atoms with van der Waals surface area (Å²) >= 11 is 5.62. The fraction of sp³-hybridized carbons (Fsp3) is 0.538. The quantitative estimate of drug-likeness (QED) is 0.643. The minimum absolute atomic E-state index is 0.320. The van der Waals surface area contributed by atoms with Gasteiger partial charge in [0.05, 0.1) is 7.11 Å². The highest BCUT2D eigenvalue weighted by molar-refractivity contribution is 9.10. The summed E-state index contributed by atoms with van der Waals surface area (Å²) in [5, 5.41) is 0.619. The highest BCUT2D eigenvalue weighted by atomic mass is 79.9.